The van der Waals surface area contributed by atoms with Crippen molar-refractivity contribution in [2.75, 3.05) is 10.7 Å². The smallest absolute Gasteiger partial charge is 0.242 e. The number of carbonyl (C=O) groups is 1. The summed E-state index contributed by atoms with van der Waals surface area (Å²) in [6, 6.07) is 24.2. The lowest BCUT2D eigenvalue weighted by Crippen LogP contribution is -2.28. The molecule has 0 spiro atoms. The molecule has 33 heavy (non-hydrogen) atoms. The van der Waals surface area contributed by atoms with Gasteiger partial charge in [0.2, 0.25) is 5.91 Å². The highest BCUT2D eigenvalue weighted by molar-refractivity contribution is 8.03. The maximum absolute atomic E-state index is 13.4. The fraction of sp³-hybridized carbons (Fsp3) is 0.160. The van der Waals surface area contributed by atoms with Crippen LogP contribution in [0.1, 0.15) is 16.7 Å². The molecule has 0 saturated carbocycles. The average Bonchev–Trinajstić information content (AvgIpc) is 3.23. The number of rotatable bonds is 6. The van der Waals surface area contributed by atoms with Crippen LogP contribution in [0.4, 0.5) is 11.4 Å². The summed E-state index contributed by atoms with van der Waals surface area (Å²) >= 11 is 10.6. The first-order chi connectivity index (χ1) is 16.2. The fourth-order valence-electron chi connectivity index (χ4n) is 3.78. The fourth-order valence-corrected chi connectivity index (χ4v) is 6.73. The molecule has 0 saturated heterocycles. The van der Waals surface area contributed by atoms with Gasteiger partial charge in [-0.1, -0.05) is 95.0 Å². The van der Waals surface area contributed by atoms with E-state index < -0.39 is 0 Å². The van der Waals surface area contributed by atoms with E-state index in [1.165, 1.54) is 39.8 Å². The van der Waals surface area contributed by atoms with Gasteiger partial charge in [-0.05, 0) is 53.8 Å². The van der Waals surface area contributed by atoms with E-state index in [0.29, 0.717) is 5.75 Å². The number of amides is 1. The van der Waals surface area contributed by atoms with Crippen molar-refractivity contribution in [3.8, 4) is 0 Å². The number of halogens is 1. The van der Waals surface area contributed by atoms with Gasteiger partial charge < -0.3 is 0 Å². The number of anilines is 2. The molecule has 0 atom stereocenters. The van der Waals surface area contributed by atoms with E-state index in [1.54, 1.807) is 11.8 Å². The van der Waals surface area contributed by atoms with E-state index >= 15 is 0 Å². The summed E-state index contributed by atoms with van der Waals surface area (Å²) in [4.78, 5) is 15.3. The number of para-hydroxylation sites is 2. The third kappa shape index (κ3) is 5.27. The van der Waals surface area contributed by atoms with E-state index in [9.17, 15) is 4.79 Å². The number of fused-ring (bicyclic) bond motifs is 2. The van der Waals surface area contributed by atoms with Gasteiger partial charge in [0.15, 0.2) is 8.68 Å². The molecule has 0 N–H and O–H groups in total. The Balaban J connectivity index is 1.27. The third-order valence-electron chi connectivity index (χ3n) is 5.36. The summed E-state index contributed by atoms with van der Waals surface area (Å²) in [7, 11) is 0. The molecule has 0 bridgehead atoms. The molecule has 8 heteroatoms. The molecular formula is C25H20ClN3OS3. The number of hydrogen-bond donors (Lipinski definition) is 0. The lowest BCUT2D eigenvalue weighted by atomic mass is 10.0. The molecule has 4 nitrogen and oxygen atoms in total. The van der Waals surface area contributed by atoms with Gasteiger partial charge in [0, 0.05) is 10.8 Å². The van der Waals surface area contributed by atoms with Crippen molar-refractivity contribution < 1.29 is 4.79 Å². The van der Waals surface area contributed by atoms with Crippen molar-refractivity contribution in [3.05, 3.63) is 94.5 Å². The van der Waals surface area contributed by atoms with Crippen LogP contribution < -0.4 is 4.90 Å². The minimum absolute atomic E-state index is 0.0485. The normalized spacial score (nSPS) is 12.7. The zero-order chi connectivity index (χ0) is 22.6. The van der Waals surface area contributed by atoms with Gasteiger partial charge in [0.25, 0.3) is 0 Å². The molecule has 0 fully saturated rings. The third-order valence-corrected chi connectivity index (χ3v) is 8.86. The minimum Gasteiger partial charge on any atom is -0.280 e. The number of aryl methyl sites for hydroxylation is 2. The minimum atomic E-state index is 0.0485. The van der Waals surface area contributed by atoms with E-state index in [-0.39, 0.29) is 5.91 Å². The SMILES string of the molecule is O=C(CSc1nnc(SCc2ccc(Cl)cc2)s1)N1c2ccccc2CCc2ccccc21. The highest BCUT2D eigenvalue weighted by Crippen LogP contribution is 2.37. The maximum atomic E-state index is 13.4. The van der Waals surface area contributed by atoms with Crippen LogP contribution in [0.15, 0.2) is 81.5 Å². The molecule has 3 aromatic carbocycles. The number of hydrogen-bond acceptors (Lipinski definition) is 6. The van der Waals surface area contributed by atoms with Crippen molar-refractivity contribution in [1.29, 1.82) is 0 Å². The van der Waals surface area contributed by atoms with E-state index in [2.05, 4.69) is 22.3 Å². The van der Waals surface area contributed by atoms with Gasteiger partial charge in [-0.25, -0.2) is 0 Å². The number of nitrogens with zero attached hydrogens (tertiary/aromatic N) is 3. The molecule has 4 aromatic rings. The first-order valence-corrected chi connectivity index (χ1v) is 13.7. The Morgan fingerprint density at radius 1 is 0.848 bits per heavy atom. The molecule has 5 rings (SSSR count). The Hall–Kier alpha value is -2.32. The van der Waals surface area contributed by atoms with Crippen LogP contribution in [0.25, 0.3) is 0 Å². The average molecular weight is 510 g/mol. The van der Waals surface area contributed by atoms with Crippen LogP contribution in [-0.4, -0.2) is 21.9 Å². The maximum Gasteiger partial charge on any atom is 0.242 e. The Morgan fingerprint density at radius 2 is 1.42 bits per heavy atom. The summed E-state index contributed by atoms with van der Waals surface area (Å²) in [6.07, 6.45) is 1.85. The number of aromatic nitrogens is 2. The van der Waals surface area contributed by atoms with Gasteiger partial charge in [0.1, 0.15) is 0 Å². The van der Waals surface area contributed by atoms with Crippen LogP contribution >= 0.6 is 46.5 Å². The standard InChI is InChI=1S/C25H20ClN3OS3/c26-20-13-9-17(10-14-20)15-31-24-27-28-25(33-24)32-16-23(30)29-21-7-3-1-5-18(21)11-12-19-6-2-4-8-22(19)29/h1-10,13-14H,11-12,15-16H2. The molecule has 1 aliphatic heterocycles. The zero-order valence-electron chi connectivity index (χ0n) is 17.6. The molecule has 1 aliphatic rings. The first-order valence-electron chi connectivity index (χ1n) is 10.5. The summed E-state index contributed by atoms with van der Waals surface area (Å²) in [5.74, 6) is 1.16. The Bertz CT molecular complexity index is 1230. The number of thioether (sulfide) groups is 2. The second kappa shape index (κ2) is 10.3. The van der Waals surface area contributed by atoms with E-state index in [0.717, 1.165) is 43.7 Å². The summed E-state index contributed by atoms with van der Waals surface area (Å²) < 4.78 is 1.70. The Labute approximate surface area is 210 Å². The van der Waals surface area contributed by atoms with Crippen molar-refractivity contribution in [2.45, 2.75) is 27.3 Å². The van der Waals surface area contributed by atoms with E-state index in [1.807, 2.05) is 65.6 Å². The number of carbonyl (C=O) groups excluding carboxylic acids is 1. The highest BCUT2D eigenvalue weighted by atomic mass is 35.5. The van der Waals surface area contributed by atoms with Crippen LogP contribution in [-0.2, 0) is 23.4 Å². The zero-order valence-corrected chi connectivity index (χ0v) is 20.8. The second-order valence-electron chi connectivity index (χ2n) is 7.52. The number of benzene rings is 3. The van der Waals surface area contributed by atoms with Gasteiger partial charge >= 0.3 is 0 Å². The molecule has 0 unspecified atom stereocenters. The largest absolute Gasteiger partial charge is 0.280 e. The topological polar surface area (TPSA) is 46.1 Å². The summed E-state index contributed by atoms with van der Waals surface area (Å²) in [5, 5.41) is 9.31. The molecule has 0 aliphatic carbocycles. The van der Waals surface area contributed by atoms with Gasteiger partial charge in [-0.15, -0.1) is 10.2 Å². The van der Waals surface area contributed by atoms with Crippen LogP contribution in [0.2, 0.25) is 5.02 Å². The Kier molecular flexibility index (Phi) is 7.02. The van der Waals surface area contributed by atoms with Crippen molar-refractivity contribution >= 4 is 63.7 Å². The highest BCUT2D eigenvalue weighted by Gasteiger charge is 2.25. The van der Waals surface area contributed by atoms with Gasteiger partial charge in [-0.3, -0.25) is 9.69 Å². The van der Waals surface area contributed by atoms with Crippen LogP contribution in [0.5, 0.6) is 0 Å². The molecular weight excluding hydrogens is 490 g/mol. The predicted octanol–water partition coefficient (Wildman–Crippen LogP) is 7.04. The predicted molar refractivity (Wildman–Crippen MR) is 139 cm³/mol. The lowest BCUT2D eigenvalue weighted by molar-refractivity contribution is -0.115. The van der Waals surface area contributed by atoms with Crippen molar-refractivity contribution in [2.24, 2.45) is 0 Å². The van der Waals surface area contributed by atoms with Crippen LogP contribution in [0, 0.1) is 0 Å². The van der Waals surface area contributed by atoms with Crippen LogP contribution in [0.3, 0.4) is 0 Å². The lowest BCUT2D eigenvalue weighted by Gasteiger charge is -2.24. The molecule has 1 aromatic heterocycles. The van der Waals surface area contributed by atoms with Crippen molar-refractivity contribution in [1.82, 2.24) is 10.2 Å². The quantitative estimate of drug-likeness (QED) is 0.261. The molecule has 166 valence electrons. The molecule has 1 amide bonds. The van der Waals surface area contributed by atoms with E-state index in [4.69, 9.17) is 11.6 Å². The first kappa shape index (κ1) is 22.5. The monoisotopic (exact) mass is 509 g/mol. The Morgan fingerprint density at radius 3 is 2.06 bits per heavy atom. The second-order valence-corrected chi connectivity index (χ2v) is 11.4. The summed E-state index contributed by atoms with van der Waals surface area (Å²) in [6.45, 7) is 0. The van der Waals surface area contributed by atoms with Crippen molar-refractivity contribution in [3.63, 3.8) is 0 Å². The molecule has 2 heterocycles. The van der Waals surface area contributed by atoms with Gasteiger partial charge in [-0.2, -0.15) is 0 Å². The summed E-state index contributed by atoms with van der Waals surface area (Å²) in [5.41, 5.74) is 5.53. The van der Waals surface area contributed by atoms with Gasteiger partial charge in [0.05, 0.1) is 17.1 Å². The molecule has 0 radical (unpaired) electrons.